The molecule has 3 aliphatic heterocycles. The minimum atomic E-state index is -0.673. The van der Waals surface area contributed by atoms with E-state index in [0.717, 1.165) is 48.1 Å². The molecular weight excluding hydrogens is 468 g/mol. The van der Waals surface area contributed by atoms with Gasteiger partial charge in [-0.3, -0.25) is 19.2 Å². The minimum Gasteiger partial charge on any atom is -0.497 e. The summed E-state index contributed by atoms with van der Waals surface area (Å²) in [7, 11) is 4.83. The molecule has 10 heteroatoms. The molecule has 3 aliphatic rings. The Balaban J connectivity index is 1.46. The molecule has 35 heavy (non-hydrogen) atoms. The number of guanidine groups is 1. The summed E-state index contributed by atoms with van der Waals surface area (Å²) in [5, 5.41) is 0.630. The lowest BCUT2D eigenvalue weighted by atomic mass is 10.1. The van der Waals surface area contributed by atoms with E-state index < -0.39 is 6.04 Å². The van der Waals surface area contributed by atoms with Gasteiger partial charge in [0.2, 0.25) is 11.9 Å². The molecule has 2 fully saturated rings. The number of hydrogen-bond donors (Lipinski definition) is 0. The van der Waals surface area contributed by atoms with Crippen LogP contribution in [0.1, 0.15) is 5.56 Å². The Morgan fingerprint density at radius 1 is 1.03 bits per heavy atom. The van der Waals surface area contributed by atoms with Gasteiger partial charge in [0.25, 0.3) is 5.91 Å². The van der Waals surface area contributed by atoms with Crippen LogP contribution in [0.25, 0.3) is 0 Å². The van der Waals surface area contributed by atoms with Crippen molar-refractivity contribution >= 4 is 41.0 Å². The molecule has 9 nitrogen and oxygen atoms in total. The van der Waals surface area contributed by atoms with Crippen LogP contribution in [0, 0.1) is 0 Å². The fraction of sp³-hybridized carbons (Fsp3) is 0.360. The molecule has 0 aliphatic carbocycles. The van der Waals surface area contributed by atoms with Crippen molar-refractivity contribution in [3.8, 4) is 5.75 Å². The number of nitrogens with zero attached hydrogens (tertiary/aromatic N) is 6. The summed E-state index contributed by atoms with van der Waals surface area (Å²) in [5.74, 6) is 1.70. The maximum atomic E-state index is 13.2. The Hall–Kier alpha value is -3.59. The first-order chi connectivity index (χ1) is 16.9. The Morgan fingerprint density at radius 2 is 1.71 bits per heavy atom. The van der Waals surface area contributed by atoms with Crippen LogP contribution in [0.2, 0.25) is 5.02 Å². The maximum Gasteiger partial charge on any atom is 0.392 e. The highest BCUT2D eigenvalue weighted by Crippen LogP contribution is 2.27. The van der Waals surface area contributed by atoms with Crippen molar-refractivity contribution in [3.63, 3.8) is 0 Å². The molecule has 0 spiro atoms. The SMILES string of the molecule is COc1ccc(N2CC[N+](=C3N=C4C(C(=O)N(C)C(=O)N4C)N3Cc3ccccc3Cl)CC2)cc1. The Bertz CT molecular complexity index is 1220. The average molecular weight is 496 g/mol. The molecule has 3 heterocycles. The monoisotopic (exact) mass is 495 g/mol. The quantitative estimate of drug-likeness (QED) is 0.609. The van der Waals surface area contributed by atoms with Crippen molar-refractivity contribution in [1.29, 1.82) is 0 Å². The van der Waals surface area contributed by atoms with E-state index in [-0.39, 0.29) is 11.9 Å². The van der Waals surface area contributed by atoms with Gasteiger partial charge in [-0.05, 0) is 30.3 Å². The number of halogens is 1. The van der Waals surface area contributed by atoms with E-state index >= 15 is 0 Å². The number of imide groups is 1. The fourth-order valence-corrected chi connectivity index (χ4v) is 4.96. The number of carbonyl (C=O) groups is 2. The highest BCUT2D eigenvalue weighted by atomic mass is 35.5. The predicted molar refractivity (Wildman–Crippen MR) is 134 cm³/mol. The van der Waals surface area contributed by atoms with Gasteiger partial charge >= 0.3 is 12.0 Å². The third kappa shape index (κ3) is 4.10. The van der Waals surface area contributed by atoms with Gasteiger partial charge < -0.3 is 9.64 Å². The number of carbonyl (C=O) groups excluding carboxylic acids is 2. The second-order valence-corrected chi connectivity index (χ2v) is 9.21. The lowest BCUT2D eigenvalue weighted by Gasteiger charge is -2.34. The standard InChI is InChI=1S/C25H28ClN6O3/c1-28-22-21(23(33)29(2)25(28)34)32(16-17-6-4-5-7-20(17)26)24(27-22)31-14-12-30(13-15-31)18-8-10-19(35-3)11-9-18/h4-11,21H,12-16H2,1-3H3/q+1. The van der Waals surface area contributed by atoms with Crippen molar-refractivity contribution in [1.82, 2.24) is 14.7 Å². The summed E-state index contributed by atoms with van der Waals surface area (Å²) in [4.78, 5) is 37.6. The number of hydrogen-bond acceptors (Lipinski definition) is 4. The highest BCUT2D eigenvalue weighted by molar-refractivity contribution is 6.31. The zero-order valence-corrected chi connectivity index (χ0v) is 20.8. The van der Waals surface area contributed by atoms with E-state index in [9.17, 15) is 9.59 Å². The van der Waals surface area contributed by atoms with E-state index in [2.05, 4.69) is 21.6 Å². The van der Waals surface area contributed by atoms with E-state index in [1.165, 1.54) is 11.9 Å². The average Bonchev–Trinajstić information content (AvgIpc) is 3.27. The van der Waals surface area contributed by atoms with Crippen LogP contribution in [-0.4, -0.2) is 96.4 Å². The third-order valence-electron chi connectivity index (χ3n) is 6.81. The molecular formula is C25H28ClN6O3+. The summed E-state index contributed by atoms with van der Waals surface area (Å²) in [6, 6.07) is 14.6. The number of piperazine rings is 1. The number of amides is 3. The van der Waals surface area contributed by atoms with Gasteiger partial charge in [-0.2, -0.15) is 0 Å². The van der Waals surface area contributed by atoms with Gasteiger partial charge in [-0.15, -0.1) is 0 Å². The molecule has 182 valence electrons. The summed E-state index contributed by atoms with van der Waals surface area (Å²) in [6.45, 7) is 3.46. The molecule has 1 atom stereocenters. The molecule has 0 N–H and O–H groups in total. The van der Waals surface area contributed by atoms with Gasteiger partial charge in [0.1, 0.15) is 5.75 Å². The number of fused-ring (bicyclic) bond motifs is 1. The molecule has 0 radical (unpaired) electrons. The van der Waals surface area contributed by atoms with Crippen molar-refractivity contribution in [3.05, 3.63) is 59.1 Å². The first-order valence-corrected chi connectivity index (χ1v) is 11.9. The van der Waals surface area contributed by atoms with Crippen LogP contribution in [0.4, 0.5) is 10.5 Å². The number of urea groups is 1. The number of anilines is 1. The Kier molecular flexibility index (Phi) is 6.10. The Morgan fingerprint density at radius 3 is 2.37 bits per heavy atom. The van der Waals surface area contributed by atoms with Gasteiger partial charge in [-0.1, -0.05) is 34.8 Å². The minimum absolute atomic E-state index is 0.286. The van der Waals surface area contributed by atoms with Gasteiger partial charge in [0.05, 0.1) is 26.7 Å². The Labute approximate surface area is 209 Å². The second-order valence-electron chi connectivity index (χ2n) is 8.80. The largest absolute Gasteiger partial charge is 0.497 e. The molecule has 0 saturated carbocycles. The molecule has 2 aromatic rings. The van der Waals surface area contributed by atoms with Crippen molar-refractivity contribution in [2.45, 2.75) is 12.6 Å². The summed E-state index contributed by atoms with van der Waals surface area (Å²) < 4.78 is 7.46. The van der Waals surface area contributed by atoms with E-state index in [4.69, 9.17) is 21.3 Å². The predicted octanol–water partition coefficient (Wildman–Crippen LogP) is 2.34. The van der Waals surface area contributed by atoms with Gasteiger partial charge in [0.15, 0.2) is 0 Å². The molecule has 3 amide bonds. The molecule has 0 bridgehead atoms. The van der Waals surface area contributed by atoms with Crippen molar-refractivity contribution < 1.29 is 18.9 Å². The van der Waals surface area contributed by atoms with Crippen molar-refractivity contribution in [2.75, 3.05) is 52.3 Å². The smallest absolute Gasteiger partial charge is 0.392 e. The lowest BCUT2D eigenvalue weighted by molar-refractivity contribution is -0.535. The molecule has 2 saturated heterocycles. The maximum absolute atomic E-state index is 13.2. The summed E-state index contributed by atoms with van der Waals surface area (Å²) in [6.07, 6.45) is 0. The van der Waals surface area contributed by atoms with Gasteiger partial charge in [-0.25, -0.2) is 9.69 Å². The van der Waals surface area contributed by atoms with Crippen LogP contribution in [-0.2, 0) is 11.3 Å². The number of amidine groups is 1. The molecule has 0 aromatic heterocycles. The van der Waals surface area contributed by atoms with Gasteiger partial charge in [0, 0.05) is 43.5 Å². The van der Waals surface area contributed by atoms with Crippen LogP contribution in [0.3, 0.4) is 0 Å². The number of methoxy groups -OCH3 is 1. The highest BCUT2D eigenvalue weighted by Gasteiger charge is 2.55. The number of ether oxygens (including phenoxy) is 1. The first-order valence-electron chi connectivity index (χ1n) is 11.5. The molecule has 5 rings (SSSR count). The summed E-state index contributed by atoms with van der Waals surface area (Å²) in [5.41, 5.74) is 2.03. The molecule has 1 unspecified atom stereocenters. The van der Waals surface area contributed by atoms with E-state index in [0.29, 0.717) is 23.4 Å². The van der Waals surface area contributed by atoms with E-state index in [1.54, 1.807) is 14.2 Å². The first kappa shape index (κ1) is 23.2. The number of rotatable bonds is 4. The fourth-order valence-electron chi connectivity index (χ4n) is 4.77. The second kappa shape index (κ2) is 9.22. The van der Waals surface area contributed by atoms with Crippen LogP contribution in [0.15, 0.2) is 53.5 Å². The number of likely N-dealkylation sites (N-methyl/N-ethyl adjacent to an activating group) is 2. The number of aliphatic imine (C=N–C) groups is 1. The molecule has 2 aromatic carbocycles. The third-order valence-corrected chi connectivity index (χ3v) is 7.18. The van der Waals surface area contributed by atoms with Crippen LogP contribution in [0.5, 0.6) is 5.75 Å². The zero-order chi connectivity index (χ0) is 24.7. The summed E-state index contributed by atoms with van der Waals surface area (Å²) >= 11 is 6.47. The zero-order valence-electron chi connectivity index (χ0n) is 20.0. The van der Waals surface area contributed by atoms with E-state index in [1.807, 2.05) is 41.3 Å². The van der Waals surface area contributed by atoms with Crippen molar-refractivity contribution in [2.24, 2.45) is 4.99 Å². The normalized spacial score (nSPS) is 20.5. The van der Waals surface area contributed by atoms with Crippen LogP contribution < -0.4 is 9.64 Å². The number of benzene rings is 2. The topological polar surface area (TPSA) is 71.7 Å². The lowest BCUT2D eigenvalue weighted by Crippen LogP contribution is -2.62. The van der Waals surface area contributed by atoms with Crippen LogP contribution >= 0.6 is 11.6 Å².